The quantitative estimate of drug-likeness (QED) is 0.839. The summed E-state index contributed by atoms with van der Waals surface area (Å²) >= 11 is 0. The second-order valence-electron chi connectivity index (χ2n) is 4.26. The average Bonchev–Trinajstić information content (AvgIpc) is 2.65. The molecule has 1 aliphatic rings. The second-order valence-corrected chi connectivity index (χ2v) is 4.26. The number of aliphatic hydroxyl groups is 1. The van der Waals surface area contributed by atoms with E-state index in [0.29, 0.717) is 6.61 Å². The summed E-state index contributed by atoms with van der Waals surface area (Å²) in [6.45, 7) is 5.37. The molecule has 1 aromatic carbocycles. The molecule has 1 heterocycles. The number of β-amino-alcohol motifs (C(OH)–C–C–N with tert-alkyl or cyclic N) is 1. The maximum absolute atomic E-state index is 9.45. The van der Waals surface area contributed by atoms with Crippen molar-refractivity contribution in [2.45, 2.75) is 26.0 Å². The minimum Gasteiger partial charge on any atom is -0.494 e. The Kier molecular flexibility index (Phi) is 3.80. The van der Waals surface area contributed by atoms with Gasteiger partial charge in [0.15, 0.2) is 0 Å². The van der Waals surface area contributed by atoms with E-state index in [9.17, 15) is 5.11 Å². The number of hydrogen-bond acceptors (Lipinski definition) is 3. The van der Waals surface area contributed by atoms with Crippen LogP contribution in [-0.4, -0.2) is 35.8 Å². The molecule has 0 aliphatic carbocycles. The van der Waals surface area contributed by atoms with Gasteiger partial charge in [-0.05, 0) is 31.0 Å². The molecule has 0 saturated carbocycles. The summed E-state index contributed by atoms with van der Waals surface area (Å²) in [4.78, 5) is 2.27. The predicted octanol–water partition coefficient (Wildman–Crippen LogP) is 1.65. The largest absolute Gasteiger partial charge is 0.494 e. The predicted molar refractivity (Wildman–Crippen MR) is 63.5 cm³/mol. The molecule has 3 heteroatoms. The molecule has 2 rings (SSSR count). The molecule has 1 fully saturated rings. The Hall–Kier alpha value is -1.06. The summed E-state index contributed by atoms with van der Waals surface area (Å²) in [6.07, 6.45) is 0.751. The molecule has 1 N–H and O–H groups in total. The van der Waals surface area contributed by atoms with Crippen LogP contribution in [0.2, 0.25) is 0 Å². The van der Waals surface area contributed by atoms with Gasteiger partial charge in [-0.3, -0.25) is 4.90 Å². The number of rotatable bonds is 4. The second kappa shape index (κ2) is 5.32. The molecule has 1 aliphatic heterocycles. The van der Waals surface area contributed by atoms with E-state index in [2.05, 4.69) is 17.0 Å². The maximum Gasteiger partial charge on any atom is 0.119 e. The fourth-order valence-corrected chi connectivity index (χ4v) is 2.11. The number of benzene rings is 1. The fraction of sp³-hybridized carbons (Fsp3) is 0.538. The molecule has 0 spiro atoms. The zero-order valence-corrected chi connectivity index (χ0v) is 9.72. The summed E-state index contributed by atoms with van der Waals surface area (Å²) in [7, 11) is 0. The van der Waals surface area contributed by atoms with E-state index < -0.39 is 0 Å². The lowest BCUT2D eigenvalue weighted by molar-refractivity contribution is 0.175. The van der Waals surface area contributed by atoms with E-state index in [1.54, 1.807) is 0 Å². The van der Waals surface area contributed by atoms with Crippen molar-refractivity contribution in [3.05, 3.63) is 29.8 Å². The van der Waals surface area contributed by atoms with Crippen LogP contribution in [0.3, 0.4) is 0 Å². The van der Waals surface area contributed by atoms with Gasteiger partial charge >= 0.3 is 0 Å². The number of hydrogen-bond donors (Lipinski definition) is 1. The van der Waals surface area contributed by atoms with Crippen molar-refractivity contribution in [2.24, 2.45) is 0 Å². The number of aliphatic hydroxyl groups excluding tert-OH is 1. The Morgan fingerprint density at radius 2 is 2.38 bits per heavy atom. The lowest BCUT2D eigenvalue weighted by atomic mass is 10.2. The Labute approximate surface area is 96.6 Å². The van der Waals surface area contributed by atoms with Gasteiger partial charge in [-0.25, -0.2) is 0 Å². The van der Waals surface area contributed by atoms with Crippen LogP contribution in [0.5, 0.6) is 5.75 Å². The van der Waals surface area contributed by atoms with Crippen LogP contribution < -0.4 is 4.74 Å². The molecule has 88 valence electrons. The molecule has 1 saturated heterocycles. The SMILES string of the molecule is CCOc1cccc(CN2CC[C@H](O)C2)c1. The highest BCUT2D eigenvalue weighted by molar-refractivity contribution is 5.28. The summed E-state index contributed by atoms with van der Waals surface area (Å²) < 4.78 is 5.46. The zero-order valence-electron chi connectivity index (χ0n) is 9.72. The highest BCUT2D eigenvalue weighted by Crippen LogP contribution is 2.17. The van der Waals surface area contributed by atoms with Gasteiger partial charge in [-0.1, -0.05) is 12.1 Å². The Morgan fingerprint density at radius 3 is 3.06 bits per heavy atom. The van der Waals surface area contributed by atoms with Crippen molar-refractivity contribution < 1.29 is 9.84 Å². The van der Waals surface area contributed by atoms with Crippen LogP contribution in [0.1, 0.15) is 18.9 Å². The summed E-state index contributed by atoms with van der Waals surface area (Å²) in [6, 6.07) is 8.18. The summed E-state index contributed by atoms with van der Waals surface area (Å²) in [5, 5.41) is 9.45. The molecule has 0 radical (unpaired) electrons. The summed E-state index contributed by atoms with van der Waals surface area (Å²) in [5.74, 6) is 0.930. The van der Waals surface area contributed by atoms with Gasteiger partial charge in [-0.2, -0.15) is 0 Å². The van der Waals surface area contributed by atoms with E-state index in [1.807, 2.05) is 19.1 Å². The van der Waals surface area contributed by atoms with Gasteiger partial charge in [0.2, 0.25) is 0 Å². The summed E-state index contributed by atoms with van der Waals surface area (Å²) in [5.41, 5.74) is 1.25. The maximum atomic E-state index is 9.45. The molecular formula is C13H19NO2. The van der Waals surface area contributed by atoms with Crippen molar-refractivity contribution in [1.29, 1.82) is 0 Å². The molecule has 0 amide bonds. The molecule has 1 aromatic rings. The lowest BCUT2D eigenvalue weighted by Gasteiger charge is -2.15. The van der Waals surface area contributed by atoms with Crippen LogP contribution in [-0.2, 0) is 6.54 Å². The van der Waals surface area contributed by atoms with Crippen molar-refractivity contribution in [1.82, 2.24) is 4.90 Å². The van der Waals surface area contributed by atoms with Gasteiger partial charge in [0, 0.05) is 19.6 Å². The molecule has 3 nitrogen and oxygen atoms in total. The third kappa shape index (κ3) is 2.97. The van der Waals surface area contributed by atoms with E-state index >= 15 is 0 Å². The number of likely N-dealkylation sites (tertiary alicyclic amines) is 1. The van der Waals surface area contributed by atoms with Crippen LogP contribution in [0, 0.1) is 0 Å². The van der Waals surface area contributed by atoms with Gasteiger partial charge in [0.25, 0.3) is 0 Å². The highest BCUT2D eigenvalue weighted by atomic mass is 16.5. The molecule has 16 heavy (non-hydrogen) atoms. The van der Waals surface area contributed by atoms with Gasteiger partial charge < -0.3 is 9.84 Å². The van der Waals surface area contributed by atoms with Crippen LogP contribution in [0.4, 0.5) is 0 Å². The number of ether oxygens (including phenoxy) is 1. The van der Waals surface area contributed by atoms with E-state index in [4.69, 9.17) is 4.74 Å². The monoisotopic (exact) mass is 221 g/mol. The lowest BCUT2D eigenvalue weighted by Crippen LogP contribution is -2.21. The van der Waals surface area contributed by atoms with Crippen molar-refractivity contribution in [2.75, 3.05) is 19.7 Å². The topological polar surface area (TPSA) is 32.7 Å². The smallest absolute Gasteiger partial charge is 0.119 e. The third-order valence-corrected chi connectivity index (χ3v) is 2.86. The molecule has 0 unspecified atom stereocenters. The minimum absolute atomic E-state index is 0.143. The number of nitrogens with zero attached hydrogens (tertiary/aromatic N) is 1. The van der Waals surface area contributed by atoms with Gasteiger partial charge in [0.05, 0.1) is 12.7 Å². The third-order valence-electron chi connectivity index (χ3n) is 2.86. The zero-order chi connectivity index (χ0) is 11.4. The first-order chi connectivity index (χ1) is 7.78. The van der Waals surface area contributed by atoms with Crippen molar-refractivity contribution in [3.8, 4) is 5.75 Å². The standard InChI is InChI=1S/C13H19NO2/c1-2-16-13-5-3-4-11(8-13)9-14-7-6-12(15)10-14/h3-5,8,12,15H,2,6-7,9-10H2,1H3/t12-/m0/s1. The molecule has 0 bridgehead atoms. The minimum atomic E-state index is -0.143. The molecule has 1 atom stereocenters. The normalized spacial score (nSPS) is 21.2. The van der Waals surface area contributed by atoms with Crippen LogP contribution >= 0.6 is 0 Å². The van der Waals surface area contributed by atoms with Gasteiger partial charge in [-0.15, -0.1) is 0 Å². The van der Waals surface area contributed by atoms with Crippen molar-refractivity contribution in [3.63, 3.8) is 0 Å². The van der Waals surface area contributed by atoms with E-state index in [1.165, 1.54) is 5.56 Å². The first-order valence-corrected chi connectivity index (χ1v) is 5.90. The van der Waals surface area contributed by atoms with E-state index in [0.717, 1.165) is 31.8 Å². The van der Waals surface area contributed by atoms with Gasteiger partial charge in [0.1, 0.15) is 5.75 Å². The Morgan fingerprint density at radius 1 is 1.50 bits per heavy atom. The first-order valence-electron chi connectivity index (χ1n) is 5.90. The van der Waals surface area contributed by atoms with Crippen LogP contribution in [0.25, 0.3) is 0 Å². The Balaban J connectivity index is 1.95. The molecular weight excluding hydrogens is 202 g/mol. The van der Waals surface area contributed by atoms with Crippen LogP contribution in [0.15, 0.2) is 24.3 Å². The Bertz CT molecular complexity index is 340. The fourth-order valence-electron chi connectivity index (χ4n) is 2.11. The first kappa shape index (κ1) is 11.4. The highest BCUT2D eigenvalue weighted by Gasteiger charge is 2.19. The van der Waals surface area contributed by atoms with E-state index in [-0.39, 0.29) is 6.10 Å². The van der Waals surface area contributed by atoms with Crippen molar-refractivity contribution >= 4 is 0 Å². The molecule has 0 aromatic heterocycles. The average molecular weight is 221 g/mol.